The van der Waals surface area contributed by atoms with Gasteiger partial charge in [-0.15, -0.1) is 0 Å². The minimum absolute atomic E-state index is 0.248. The zero-order chi connectivity index (χ0) is 14.1. The van der Waals surface area contributed by atoms with Crippen LogP contribution in [-0.2, 0) is 0 Å². The molecule has 0 unspecified atom stereocenters. The molecule has 0 saturated heterocycles. The first-order chi connectivity index (χ1) is 9.70. The van der Waals surface area contributed by atoms with Crippen molar-refractivity contribution >= 4 is 16.6 Å². The van der Waals surface area contributed by atoms with Crippen LogP contribution in [0.15, 0.2) is 48.5 Å². The number of fused-ring (bicyclic) bond motifs is 1. The van der Waals surface area contributed by atoms with Gasteiger partial charge in [-0.25, -0.2) is 9.37 Å². The van der Waals surface area contributed by atoms with E-state index in [1.165, 1.54) is 12.1 Å². The lowest BCUT2D eigenvalue weighted by Crippen LogP contribution is -1.99. The monoisotopic (exact) mass is 266 g/mol. The van der Waals surface area contributed by atoms with Crippen molar-refractivity contribution in [3.63, 3.8) is 0 Å². The molecule has 0 aliphatic rings. The molecule has 20 heavy (non-hydrogen) atoms. The maximum absolute atomic E-state index is 13.5. The number of halogens is 1. The smallest absolute Gasteiger partial charge is 0.124 e. The average Bonchev–Trinajstić information content (AvgIpc) is 2.48. The Hall–Kier alpha value is -2.42. The van der Waals surface area contributed by atoms with Gasteiger partial charge < -0.3 is 5.32 Å². The fraction of sp³-hybridized carbons (Fsp3) is 0.118. The van der Waals surface area contributed by atoms with Crippen molar-refractivity contribution in [1.82, 2.24) is 4.98 Å². The van der Waals surface area contributed by atoms with Gasteiger partial charge in [0.15, 0.2) is 0 Å². The SMILES string of the molecule is CNc1c(C)c(-c2ccccc2)nc2ccc(F)cc12. The second-order valence-electron chi connectivity index (χ2n) is 4.74. The van der Waals surface area contributed by atoms with E-state index in [4.69, 9.17) is 0 Å². The molecule has 3 aromatic rings. The van der Waals surface area contributed by atoms with Crippen molar-refractivity contribution in [1.29, 1.82) is 0 Å². The maximum atomic E-state index is 13.5. The summed E-state index contributed by atoms with van der Waals surface area (Å²) < 4.78 is 13.5. The van der Waals surface area contributed by atoms with E-state index >= 15 is 0 Å². The number of nitrogens with one attached hydrogen (secondary N) is 1. The van der Waals surface area contributed by atoms with Gasteiger partial charge in [-0.05, 0) is 30.7 Å². The van der Waals surface area contributed by atoms with E-state index in [1.54, 1.807) is 6.07 Å². The summed E-state index contributed by atoms with van der Waals surface area (Å²) in [6.07, 6.45) is 0. The number of hydrogen-bond donors (Lipinski definition) is 1. The quantitative estimate of drug-likeness (QED) is 0.744. The van der Waals surface area contributed by atoms with Crippen molar-refractivity contribution in [2.75, 3.05) is 12.4 Å². The molecule has 1 heterocycles. The lowest BCUT2D eigenvalue weighted by molar-refractivity contribution is 0.629. The van der Waals surface area contributed by atoms with Crippen LogP contribution in [0.4, 0.5) is 10.1 Å². The number of pyridine rings is 1. The van der Waals surface area contributed by atoms with E-state index in [2.05, 4.69) is 10.3 Å². The van der Waals surface area contributed by atoms with Crippen molar-refractivity contribution in [3.8, 4) is 11.3 Å². The first-order valence-electron chi connectivity index (χ1n) is 6.53. The molecule has 0 aliphatic carbocycles. The Labute approximate surface area is 117 Å². The number of aromatic nitrogens is 1. The highest BCUT2D eigenvalue weighted by Gasteiger charge is 2.12. The minimum Gasteiger partial charge on any atom is -0.387 e. The van der Waals surface area contributed by atoms with Gasteiger partial charge in [0.05, 0.1) is 11.2 Å². The van der Waals surface area contributed by atoms with Crippen LogP contribution in [0.3, 0.4) is 0 Å². The Morgan fingerprint density at radius 1 is 1.05 bits per heavy atom. The number of rotatable bonds is 2. The van der Waals surface area contributed by atoms with E-state index in [9.17, 15) is 4.39 Å². The first-order valence-corrected chi connectivity index (χ1v) is 6.53. The Bertz CT molecular complexity index is 767. The summed E-state index contributed by atoms with van der Waals surface area (Å²) in [5, 5.41) is 3.98. The summed E-state index contributed by atoms with van der Waals surface area (Å²) in [5.74, 6) is -0.248. The molecule has 2 nitrogen and oxygen atoms in total. The van der Waals surface area contributed by atoms with Crippen molar-refractivity contribution in [2.45, 2.75) is 6.92 Å². The Morgan fingerprint density at radius 3 is 2.50 bits per heavy atom. The molecule has 1 N–H and O–H groups in total. The van der Waals surface area contributed by atoms with Gasteiger partial charge in [-0.2, -0.15) is 0 Å². The lowest BCUT2D eigenvalue weighted by Gasteiger charge is -2.14. The largest absolute Gasteiger partial charge is 0.387 e. The van der Waals surface area contributed by atoms with Crippen LogP contribution in [0.5, 0.6) is 0 Å². The molecule has 0 saturated carbocycles. The molecule has 3 heteroatoms. The second-order valence-corrected chi connectivity index (χ2v) is 4.74. The Balaban J connectivity index is 2.35. The zero-order valence-electron chi connectivity index (χ0n) is 11.4. The molecule has 2 aromatic carbocycles. The van der Waals surface area contributed by atoms with E-state index in [-0.39, 0.29) is 5.82 Å². The molecule has 3 rings (SSSR count). The molecule has 0 amide bonds. The number of benzene rings is 2. The highest BCUT2D eigenvalue weighted by atomic mass is 19.1. The van der Waals surface area contributed by atoms with Crippen LogP contribution in [0.1, 0.15) is 5.56 Å². The highest BCUT2D eigenvalue weighted by Crippen LogP contribution is 2.33. The fourth-order valence-corrected chi connectivity index (χ4v) is 2.53. The third kappa shape index (κ3) is 2.01. The first kappa shape index (κ1) is 12.6. The van der Waals surface area contributed by atoms with Gasteiger partial charge in [0, 0.05) is 23.7 Å². The minimum atomic E-state index is -0.248. The lowest BCUT2D eigenvalue weighted by atomic mass is 10.0. The molecule has 0 atom stereocenters. The van der Waals surface area contributed by atoms with Crippen LogP contribution < -0.4 is 5.32 Å². The summed E-state index contributed by atoms with van der Waals surface area (Å²) in [6, 6.07) is 14.7. The van der Waals surface area contributed by atoms with Crippen molar-refractivity contribution in [2.24, 2.45) is 0 Å². The Morgan fingerprint density at radius 2 is 1.80 bits per heavy atom. The van der Waals surface area contributed by atoms with Crippen LogP contribution in [0, 0.1) is 12.7 Å². The van der Waals surface area contributed by atoms with Crippen molar-refractivity contribution < 1.29 is 4.39 Å². The zero-order valence-corrected chi connectivity index (χ0v) is 11.4. The second kappa shape index (κ2) is 4.93. The van der Waals surface area contributed by atoms with Gasteiger partial charge in [-0.3, -0.25) is 0 Å². The number of nitrogens with zero attached hydrogens (tertiary/aromatic N) is 1. The van der Waals surface area contributed by atoms with Crippen LogP contribution >= 0.6 is 0 Å². The molecule has 100 valence electrons. The van der Waals surface area contributed by atoms with E-state index in [0.29, 0.717) is 0 Å². The molecule has 1 aromatic heterocycles. The number of hydrogen-bond acceptors (Lipinski definition) is 2. The summed E-state index contributed by atoms with van der Waals surface area (Å²) in [7, 11) is 1.85. The third-order valence-electron chi connectivity index (χ3n) is 3.49. The summed E-state index contributed by atoms with van der Waals surface area (Å²) in [5.41, 5.74) is 4.73. The van der Waals surface area contributed by atoms with Crippen molar-refractivity contribution in [3.05, 3.63) is 59.9 Å². The third-order valence-corrected chi connectivity index (χ3v) is 3.49. The average molecular weight is 266 g/mol. The molecular formula is C17H15FN2. The van der Waals surface area contributed by atoms with Crippen LogP contribution in [0.2, 0.25) is 0 Å². The Kier molecular flexibility index (Phi) is 3.11. The van der Waals surface area contributed by atoms with Gasteiger partial charge in [0.2, 0.25) is 0 Å². The van der Waals surface area contributed by atoms with Crippen LogP contribution in [-0.4, -0.2) is 12.0 Å². The topological polar surface area (TPSA) is 24.9 Å². The molecule has 0 radical (unpaired) electrons. The van der Waals surface area contributed by atoms with E-state index < -0.39 is 0 Å². The van der Waals surface area contributed by atoms with Gasteiger partial charge in [-0.1, -0.05) is 30.3 Å². The molecule has 0 aliphatic heterocycles. The van der Waals surface area contributed by atoms with E-state index in [1.807, 2.05) is 44.3 Å². The van der Waals surface area contributed by atoms with E-state index in [0.717, 1.165) is 33.4 Å². The number of anilines is 1. The summed E-state index contributed by atoms with van der Waals surface area (Å²) in [6.45, 7) is 2.01. The standard InChI is InChI=1S/C17H15FN2/c1-11-16(12-6-4-3-5-7-12)20-15-9-8-13(18)10-14(15)17(11)19-2/h3-10H,1-2H3,(H,19,20). The summed E-state index contributed by atoms with van der Waals surface area (Å²) in [4.78, 5) is 4.69. The van der Waals surface area contributed by atoms with Gasteiger partial charge in [0.1, 0.15) is 5.82 Å². The predicted molar refractivity (Wildman–Crippen MR) is 81.4 cm³/mol. The fourth-order valence-electron chi connectivity index (χ4n) is 2.53. The van der Waals surface area contributed by atoms with Crippen LogP contribution in [0.25, 0.3) is 22.2 Å². The molecule has 0 fully saturated rings. The molecule has 0 spiro atoms. The predicted octanol–water partition coefficient (Wildman–Crippen LogP) is 4.39. The highest BCUT2D eigenvalue weighted by molar-refractivity contribution is 5.96. The maximum Gasteiger partial charge on any atom is 0.124 e. The molecule has 0 bridgehead atoms. The molecular weight excluding hydrogens is 251 g/mol. The van der Waals surface area contributed by atoms with Gasteiger partial charge in [0.25, 0.3) is 0 Å². The normalized spacial score (nSPS) is 10.8. The van der Waals surface area contributed by atoms with Gasteiger partial charge >= 0.3 is 0 Å². The summed E-state index contributed by atoms with van der Waals surface area (Å²) >= 11 is 0.